The van der Waals surface area contributed by atoms with Crippen LogP contribution in [0.1, 0.15) is 16.7 Å². The average molecular weight is 443 g/mol. The van der Waals surface area contributed by atoms with Gasteiger partial charge in [-0.2, -0.15) is 4.72 Å². The van der Waals surface area contributed by atoms with Crippen LogP contribution in [-0.2, 0) is 21.2 Å². The molecule has 7 heteroatoms. The summed E-state index contributed by atoms with van der Waals surface area (Å²) in [5, 5.41) is 3.27. The fourth-order valence-electron chi connectivity index (χ4n) is 3.18. The first kappa shape index (κ1) is 22.0. The van der Waals surface area contributed by atoms with E-state index in [0.717, 1.165) is 16.7 Å². The van der Waals surface area contributed by atoms with Crippen LogP contribution in [0.3, 0.4) is 0 Å². The van der Waals surface area contributed by atoms with Gasteiger partial charge in [-0.3, -0.25) is 4.79 Å². The Bertz CT molecular complexity index is 1110. The first-order valence-corrected chi connectivity index (χ1v) is 11.3. The van der Waals surface area contributed by atoms with E-state index in [0.29, 0.717) is 10.7 Å². The van der Waals surface area contributed by atoms with Crippen LogP contribution in [0.4, 0.5) is 5.69 Å². The van der Waals surface area contributed by atoms with Gasteiger partial charge in [0.05, 0.1) is 4.90 Å². The molecule has 0 spiro atoms. The second-order valence-corrected chi connectivity index (χ2v) is 9.33. The molecule has 0 aliphatic carbocycles. The number of carbonyl (C=O) groups is 1. The van der Waals surface area contributed by atoms with E-state index < -0.39 is 22.0 Å². The number of carbonyl (C=O) groups excluding carboxylic acids is 1. The molecule has 5 nitrogen and oxygen atoms in total. The SMILES string of the molecule is Cc1cc(C)cc(NC(=O)[C@H](Cc2ccccc2)NS(=O)(=O)c2ccc(Cl)cc2)c1. The van der Waals surface area contributed by atoms with Gasteiger partial charge in [0.15, 0.2) is 0 Å². The van der Waals surface area contributed by atoms with E-state index in [1.807, 2.05) is 62.4 Å². The third kappa shape index (κ3) is 5.92. The lowest BCUT2D eigenvalue weighted by Crippen LogP contribution is -2.45. The zero-order valence-electron chi connectivity index (χ0n) is 16.7. The Hall–Kier alpha value is -2.67. The van der Waals surface area contributed by atoms with Crippen LogP contribution in [0.2, 0.25) is 5.02 Å². The Morgan fingerprint density at radius 2 is 1.53 bits per heavy atom. The molecule has 0 radical (unpaired) electrons. The normalized spacial score (nSPS) is 12.4. The molecule has 0 aliphatic heterocycles. The van der Waals surface area contributed by atoms with E-state index >= 15 is 0 Å². The topological polar surface area (TPSA) is 75.3 Å². The molecule has 3 aromatic rings. The van der Waals surface area contributed by atoms with E-state index in [4.69, 9.17) is 11.6 Å². The highest BCUT2D eigenvalue weighted by atomic mass is 35.5. The van der Waals surface area contributed by atoms with Crippen molar-refractivity contribution in [2.75, 3.05) is 5.32 Å². The molecule has 0 saturated heterocycles. The van der Waals surface area contributed by atoms with Gasteiger partial charge in [-0.05, 0) is 73.4 Å². The van der Waals surface area contributed by atoms with Gasteiger partial charge >= 0.3 is 0 Å². The van der Waals surface area contributed by atoms with Gasteiger partial charge in [-0.1, -0.05) is 48.0 Å². The van der Waals surface area contributed by atoms with Crippen LogP contribution in [-0.4, -0.2) is 20.4 Å². The van der Waals surface area contributed by atoms with Gasteiger partial charge in [-0.15, -0.1) is 0 Å². The minimum Gasteiger partial charge on any atom is -0.325 e. The number of amides is 1. The molecular formula is C23H23ClN2O3S. The van der Waals surface area contributed by atoms with Gasteiger partial charge in [0, 0.05) is 10.7 Å². The number of hydrogen-bond donors (Lipinski definition) is 2. The summed E-state index contributed by atoms with van der Waals surface area (Å²) in [5.41, 5.74) is 3.48. The maximum Gasteiger partial charge on any atom is 0.242 e. The van der Waals surface area contributed by atoms with Gasteiger partial charge < -0.3 is 5.32 Å². The molecule has 0 bridgehead atoms. The summed E-state index contributed by atoms with van der Waals surface area (Å²) in [6.07, 6.45) is 0.213. The zero-order valence-corrected chi connectivity index (χ0v) is 18.3. The quantitative estimate of drug-likeness (QED) is 0.566. The van der Waals surface area contributed by atoms with Crippen LogP contribution in [0.25, 0.3) is 0 Å². The fraction of sp³-hybridized carbons (Fsp3) is 0.174. The first-order valence-electron chi connectivity index (χ1n) is 9.44. The Kier molecular flexibility index (Phi) is 6.92. The second kappa shape index (κ2) is 9.43. The van der Waals surface area contributed by atoms with Crippen molar-refractivity contribution in [2.24, 2.45) is 0 Å². The number of hydrogen-bond acceptors (Lipinski definition) is 3. The van der Waals surface area contributed by atoms with E-state index in [9.17, 15) is 13.2 Å². The van der Waals surface area contributed by atoms with Crippen molar-refractivity contribution < 1.29 is 13.2 Å². The number of anilines is 1. The lowest BCUT2D eigenvalue weighted by molar-refractivity contribution is -0.117. The monoisotopic (exact) mass is 442 g/mol. The molecule has 0 unspecified atom stereocenters. The molecular weight excluding hydrogens is 420 g/mol. The highest BCUT2D eigenvalue weighted by molar-refractivity contribution is 7.89. The number of nitrogens with one attached hydrogen (secondary N) is 2. The lowest BCUT2D eigenvalue weighted by Gasteiger charge is -2.19. The summed E-state index contributed by atoms with van der Waals surface area (Å²) in [6.45, 7) is 3.88. The summed E-state index contributed by atoms with van der Waals surface area (Å²) in [4.78, 5) is 13.1. The third-order valence-electron chi connectivity index (χ3n) is 4.51. The molecule has 0 saturated carbocycles. The standard InChI is InChI=1S/C23H23ClN2O3S/c1-16-12-17(2)14-20(13-16)25-23(27)22(15-18-6-4-3-5-7-18)26-30(28,29)21-10-8-19(24)9-11-21/h3-14,22,26H,15H2,1-2H3,(H,25,27)/t22-/m0/s1. The van der Waals surface area contributed by atoms with Crippen molar-refractivity contribution in [3.05, 3.63) is 94.5 Å². The Morgan fingerprint density at radius 1 is 0.933 bits per heavy atom. The highest BCUT2D eigenvalue weighted by Gasteiger charge is 2.26. The Labute approximate surface area is 182 Å². The molecule has 1 atom stereocenters. The summed E-state index contributed by atoms with van der Waals surface area (Å²) in [7, 11) is -3.92. The maximum absolute atomic E-state index is 13.0. The number of rotatable bonds is 7. The summed E-state index contributed by atoms with van der Waals surface area (Å²) >= 11 is 5.86. The largest absolute Gasteiger partial charge is 0.325 e. The van der Waals surface area contributed by atoms with Gasteiger partial charge in [0.2, 0.25) is 15.9 Å². The fourth-order valence-corrected chi connectivity index (χ4v) is 4.50. The van der Waals surface area contributed by atoms with E-state index in [2.05, 4.69) is 10.0 Å². The van der Waals surface area contributed by atoms with Crippen LogP contribution >= 0.6 is 11.6 Å². The molecule has 3 rings (SSSR count). The molecule has 0 aromatic heterocycles. The van der Waals surface area contributed by atoms with Gasteiger partial charge in [0.1, 0.15) is 6.04 Å². The van der Waals surface area contributed by atoms with Crippen molar-refractivity contribution in [1.29, 1.82) is 0 Å². The predicted octanol–water partition coefficient (Wildman–Crippen LogP) is 4.49. The first-order chi connectivity index (χ1) is 14.2. The van der Waals surface area contributed by atoms with Crippen LogP contribution in [0.15, 0.2) is 77.7 Å². The highest BCUT2D eigenvalue weighted by Crippen LogP contribution is 2.17. The minimum absolute atomic E-state index is 0.0455. The molecule has 2 N–H and O–H groups in total. The van der Waals surface area contributed by atoms with Gasteiger partial charge in [-0.25, -0.2) is 8.42 Å². The third-order valence-corrected chi connectivity index (χ3v) is 6.25. The average Bonchev–Trinajstić information content (AvgIpc) is 2.67. The number of aryl methyl sites for hydroxylation is 2. The van der Waals surface area contributed by atoms with Crippen molar-refractivity contribution in [3.63, 3.8) is 0 Å². The number of benzene rings is 3. The smallest absolute Gasteiger partial charge is 0.242 e. The maximum atomic E-state index is 13.0. The molecule has 1 amide bonds. The summed E-state index contributed by atoms with van der Waals surface area (Å²) in [5.74, 6) is -0.429. The van der Waals surface area contributed by atoms with E-state index in [-0.39, 0.29) is 11.3 Å². The minimum atomic E-state index is -3.92. The molecule has 30 heavy (non-hydrogen) atoms. The lowest BCUT2D eigenvalue weighted by atomic mass is 10.1. The number of halogens is 1. The molecule has 0 heterocycles. The predicted molar refractivity (Wildman–Crippen MR) is 120 cm³/mol. The summed E-state index contributed by atoms with van der Waals surface area (Å²) in [6, 6.07) is 19.8. The summed E-state index contributed by atoms with van der Waals surface area (Å²) < 4.78 is 28.3. The Morgan fingerprint density at radius 3 is 2.13 bits per heavy atom. The van der Waals surface area contributed by atoms with Crippen molar-refractivity contribution in [3.8, 4) is 0 Å². The van der Waals surface area contributed by atoms with Crippen LogP contribution < -0.4 is 10.0 Å². The molecule has 3 aromatic carbocycles. The van der Waals surface area contributed by atoms with Crippen LogP contribution in [0, 0.1) is 13.8 Å². The molecule has 156 valence electrons. The van der Waals surface area contributed by atoms with Crippen molar-refractivity contribution in [1.82, 2.24) is 4.72 Å². The van der Waals surface area contributed by atoms with E-state index in [1.54, 1.807) is 0 Å². The zero-order chi connectivity index (χ0) is 21.7. The molecule has 0 aliphatic rings. The van der Waals surface area contributed by atoms with Gasteiger partial charge in [0.25, 0.3) is 0 Å². The van der Waals surface area contributed by atoms with Crippen molar-refractivity contribution >= 4 is 33.2 Å². The molecule has 0 fully saturated rings. The van der Waals surface area contributed by atoms with Crippen LogP contribution in [0.5, 0.6) is 0 Å². The van der Waals surface area contributed by atoms with Crippen molar-refractivity contribution in [2.45, 2.75) is 31.2 Å². The van der Waals surface area contributed by atoms with E-state index in [1.165, 1.54) is 24.3 Å². The number of sulfonamides is 1. The Balaban J connectivity index is 1.87. The second-order valence-electron chi connectivity index (χ2n) is 7.18.